The lowest BCUT2D eigenvalue weighted by atomic mass is 9.93. The standard InChI is InChI=1S/C29H30N2O5/c1-5-36-24-12-11-20(15-23(24)18(2)3)27(32)25-26(21-9-7-13-30-16-21)31(29(34)28(25)33)17-19-8-6-10-22(14-19)35-4/h6-16,18,26,32H,5,17H2,1-4H3/b27-25-. The molecule has 7 nitrogen and oxygen atoms in total. The van der Waals surface area contributed by atoms with Crippen LogP contribution < -0.4 is 9.47 Å². The monoisotopic (exact) mass is 486 g/mol. The molecule has 36 heavy (non-hydrogen) atoms. The van der Waals surface area contributed by atoms with Crippen molar-refractivity contribution in [3.63, 3.8) is 0 Å². The van der Waals surface area contributed by atoms with Crippen LogP contribution in [0.15, 0.2) is 72.6 Å². The normalized spacial score (nSPS) is 17.0. The number of likely N-dealkylation sites (tertiary alicyclic amines) is 1. The summed E-state index contributed by atoms with van der Waals surface area (Å²) in [6.07, 6.45) is 3.24. The Labute approximate surface area is 211 Å². The highest BCUT2D eigenvalue weighted by atomic mass is 16.5. The molecule has 1 amide bonds. The summed E-state index contributed by atoms with van der Waals surface area (Å²) >= 11 is 0. The number of ketones is 1. The first kappa shape index (κ1) is 25.0. The van der Waals surface area contributed by atoms with E-state index in [-0.39, 0.29) is 23.8 Å². The number of hydrogen-bond donors (Lipinski definition) is 1. The Morgan fingerprint density at radius 3 is 2.58 bits per heavy atom. The third kappa shape index (κ3) is 4.82. The number of Topliss-reactive ketones (excluding diaryl/α,β-unsaturated/α-hetero) is 1. The molecule has 186 valence electrons. The SMILES string of the molecule is CCOc1ccc(/C(O)=C2/C(=O)C(=O)N(Cc3cccc(OC)c3)C2c2cccnc2)cc1C(C)C. The smallest absolute Gasteiger partial charge is 0.295 e. The number of amides is 1. The summed E-state index contributed by atoms with van der Waals surface area (Å²) in [5.41, 5.74) is 2.83. The van der Waals surface area contributed by atoms with Crippen LogP contribution in [0.4, 0.5) is 0 Å². The van der Waals surface area contributed by atoms with Crippen LogP contribution in [0.1, 0.15) is 55.0 Å². The molecule has 1 atom stereocenters. The third-order valence-electron chi connectivity index (χ3n) is 6.23. The molecule has 1 unspecified atom stereocenters. The minimum atomic E-state index is -0.793. The molecule has 1 N–H and O–H groups in total. The van der Waals surface area contributed by atoms with Gasteiger partial charge in [-0.15, -0.1) is 0 Å². The predicted octanol–water partition coefficient (Wildman–Crippen LogP) is 5.23. The Bertz CT molecular complexity index is 1300. The fourth-order valence-corrected chi connectivity index (χ4v) is 4.48. The van der Waals surface area contributed by atoms with E-state index >= 15 is 0 Å². The van der Waals surface area contributed by atoms with Crippen molar-refractivity contribution in [3.8, 4) is 11.5 Å². The lowest BCUT2D eigenvalue weighted by Gasteiger charge is -2.25. The van der Waals surface area contributed by atoms with Gasteiger partial charge in [-0.1, -0.05) is 32.0 Å². The minimum Gasteiger partial charge on any atom is -0.507 e. The van der Waals surface area contributed by atoms with Gasteiger partial charge in [0.15, 0.2) is 0 Å². The van der Waals surface area contributed by atoms with Crippen LogP contribution in [-0.2, 0) is 16.1 Å². The van der Waals surface area contributed by atoms with E-state index in [2.05, 4.69) is 4.98 Å². The van der Waals surface area contributed by atoms with Gasteiger partial charge in [-0.2, -0.15) is 0 Å². The van der Waals surface area contributed by atoms with E-state index in [0.717, 1.165) is 16.9 Å². The number of aromatic nitrogens is 1. The summed E-state index contributed by atoms with van der Waals surface area (Å²) in [6.45, 7) is 6.66. The number of rotatable bonds is 8. The number of ether oxygens (including phenoxy) is 2. The summed E-state index contributed by atoms with van der Waals surface area (Å²) in [4.78, 5) is 32.3. The molecule has 1 fully saturated rings. The second kappa shape index (κ2) is 10.6. The molecule has 0 spiro atoms. The molecular formula is C29H30N2O5. The van der Waals surface area contributed by atoms with Gasteiger partial charge in [0.1, 0.15) is 17.3 Å². The Hall–Kier alpha value is -4.13. The molecule has 1 aromatic heterocycles. The lowest BCUT2D eigenvalue weighted by molar-refractivity contribution is -0.140. The minimum absolute atomic E-state index is 0.0368. The fraction of sp³-hybridized carbons (Fsp3) is 0.276. The molecule has 3 aromatic rings. The molecule has 1 aliphatic rings. The van der Waals surface area contributed by atoms with Gasteiger partial charge in [-0.05, 0) is 65.9 Å². The van der Waals surface area contributed by atoms with Gasteiger partial charge in [-0.25, -0.2) is 0 Å². The number of hydrogen-bond acceptors (Lipinski definition) is 6. The fourth-order valence-electron chi connectivity index (χ4n) is 4.48. The lowest BCUT2D eigenvalue weighted by Crippen LogP contribution is -2.29. The van der Waals surface area contributed by atoms with Crippen molar-refractivity contribution in [2.45, 2.75) is 39.3 Å². The van der Waals surface area contributed by atoms with Crippen molar-refractivity contribution in [1.82, 2.24) is 9.88 Å². The zero-order chi connectivity index (χ0) is 25.8. The van der Waals surface area contributed by atoms with Crippen LogP contribution >= 0.6 is 0 Å². The topological polar surface area (TPSA) is 89.0 Å². The van der Waals surface area contributed by atoms with Crippen LogP contribution in [0.5, 0.6) is 11.5 Å². The van der Waals surface area contributed by atoms with Crippen LogP contribution in [0.25, 0.3) is 5.76 Å². The molecule has 4 rings (SSSR count). The van der Waals surface area contributed by atoms with Gasteiger partial charge >= 0.3 is 0 Å². The summed E-state index contributed by atoms with van der Waals surface area (Å²) in [7, 11) is 1.57. The molecule has 0 radical (unpaired) electrons. The summed E-state index contributed by atoms with van der Waals surface area (Å²) in [5, 5.41) is 11.4. The van der Waals surface area contributed by atoms with Crippen LogP contribution in [0, 0.1) is 0 Å². The van der Waals surface area contributed by atoms with Crippen molar-refractivity contribution < 1.29 is 24.2 Å². The molecule has 1 aliphatic heterocycles. The first-order chi connectivity index (χ1) is 17.3. The van der Waals surface area contributed by atoms with E-state index in [1.165, 1.54) is 4.90 Å². The average Bonchev–Trinajstić information content (AvgIpc) is 3.14. The summed E-state index contributed by atoms with van der Waals surface area (Å²) in [6, 6.07) is 15.4. The summed E-state index contributed by atoms with van der Waals surface area (Å²) < 4.78 is 11.1. The quantitative estimate of drug-likeness (QED) is 0.266. The highest BCUT2D eigenvalue weighted by Gasteiger charge is 2.46. The van der Waals surface area contributed by atoms with Gasteiger partial charge in [0.25, 0.3) is 11.7 Å². The molecule has 0 aliphatic carbocycles. The molecular weight excluding hydrogens is 456 g/mol. The van der Waals surface area contributed by atoms with E-state index in [0.29, 0.717) is 23.5 Å². The van der Waals surface area contributed by atoms with Gasteiger partial charge in [0.05, 0.1) is 25.3 Å². The van der Waals surface area contributed by atoms with Crippen molar-refractivity contribution in [2.24, 2.45) is 0 Å². The number of benzene rings is 2. The van der Waals surface area contributed by atoms with Crippen molar-refractivity contribution in [3.05, 3.63) is 94.8 Å². The molecule has 0 bridgehead atoms. The van der Waals surface area contributed by atoms with Crippen molar-refractivity contribution in [2.75, 3.05) is 13.7 Å². The number of aliphatic hydroxyl groups excluding tert-OH is 1. The molecule has 1 saturated heterocycles. The Morgan fingerprint density at radius 1 is 1.11 bits per heavy atom. The molecule has 2 heterocycles. The zero-order valence-electron chi connectivity index (χ0n) is 20.9. The number of carbonyl (C=O) groups excluding carboxylic acids is 2. The maximum absolute atomic E-state index is 13.3. The first-order valence-electron chi connectivity index (χ1n) is 11.9. The maximum Gasteiger partial charge on any atom is 0.295 e. The second-order valence-corrected chi connectivity index (χ2v) is 8.91. The molecule has 7 heteroatoms. The van der Waals surface area contributed by atoms with Crippen molar-refractivity contribution >= 4 is 17.4 Å². The van der Waals surface area contributed by atoms with Crippen LogP contribution in [0.3, 0.4) is 0 Å². The summed E-state index contributed by atoms with van der Waals surface area (Å²) in [5.74, 6) is -0.124. The number of pyridine rings is 1. The maximum atomic E-state index is 13.3. The van der Waals surface area contributed by atoms with E-state index in [1.807, 2.05) is 51.1 Å². The number of carbonyl (C=O) groups is 2. The van der Waals surface area contributed by atoms with E-state index in [1.54, 1.807) is 43.8 Å². The van der Waals surface area contributed by atoms with Gasteiger partial charge in [0, 0.05) is 24.5 Å². The van der Waals surface area contributed by atoms with Gasteiger partial charge in [0.2, 0.25) is 0 Å². The number of aliphatic hydroxyl groups is 1. The largest absolute Gasteiger partial charge is 0.507 e. The highest BCUT2D eigenvalue weighted by Crippen LogP contribution is 2.41. The Balaban J connectivity index is 1.84. The molecule has 0 saturated carbocycles. The predicted molar refractivity (Wildman–Crippen MR) is 137 cm³/mol. The second-order valence-electron chi connectivity index (χ2n) is 8.91. The Morgan fingerprint density at radius 2 is 1.92 bits per heavy atom. The molecule has 2 aromatic carbocycles. The van der Waals surface area contributed by atoms with E-state index in [9.17, 15) is 14.7 Å². The zero-order valence-corrected chi connectivity index (χ0v) is 20.9. The average molecular weight is 487 g/mol. The van der Waals surface area contributed by atoms with Crippen LogP contribution in [-0.4, -0.2) is 40.4 Å². The van der Waals surface area contributed by atoms with Gasteiger partial charge in [-0.3, -0.25) is 14.6 Å². The first-order valence-corrected chi connectivity index (χ1v) is 11.9. The van der Waals surface area contributed by atoms with Gasteiger partial charge < -0.3 is 19.5 Å². The van der Waals surface area contributed by atoms with Crippen molar-refractivity contribution in [1.29, 1.82) is 0 Å². The van der Waals surface area contributed by atoms with E-state index in [4.69, 9.17) is 9.47 Å². The third-order valence-corrected chi connectivity index (χ3v) is 6.23. The van der Waals surface area contributed by atoms with Crippen LogP contribution in [0.2, 0.25) is 0 Å². The number of nitrogens with zero attached hydrogens (tertiary/aromatic N) is 2. The van der Waals surface area contributed by atoms with E-state index < -0.39 is 17.7 Å². The Kier molecular flexibility index (Phi) is 7.38. The number of methoxy groups -OCH3 is 1. The highest BCUT2D eigenvalue weighted by molar-refractivity contribution is 6.46.